The third kappa shape index (κ3) is 7.04. The van der Waals surface area contributed by atoms with Crippen molar-refractivity contribution < 1.29 is 8.42 Å². The summed E-state index contributed by atoms with van der Waals surface area (Å²) in [7, 11) is -3.00. The molecule has 0 bridgehead atoms. The molecule has 4 nitrogen and oxygen atoms in total. The molecule has 0 spiro atoms. The van der Waals surface area contributed by atoms with Gasteiger partial charge in [-0.1, -0.05) is 20.8 Å². The summed E-state index contributed by atoms with van der Waals surface area (Å²) in [5, 5.41) is 3.48. The van der Waals surface area contributed by atoms with Crippen LogP contribution in [0.2, 0.25) is 0 Å². The van der Waals surface area contributed by atoms with Crippen molar-refractivity contribution in [1.29, 1.82) is 0 Å². The molecule has 0 aliphatic carbocycles. The minimum absolute atomic E-state index is 0.540. The first-order valence-corrected chi connectivity index (χ1v) is 9.79. The SMILES string of the molecule is CC(C)CNCCC(C)CC1CCCN(S(C)(=O)=O)C1. The highest BCUT2D eigenvalue weighted by Crippen LogP contribution is 2.25. The predicted octanol–water partition coefficient (Wildman–Crippen LogP) is 2.32. The van der Waals surface area contributed by atoms with Gasteiger partial charge in [-0.3, -0.25) is 0 Å². The zero-order valence-electron chi connectivity index (χ0n) is 13.6. The van der Waals surface area contributed by atoms with Crippen molar-refractivity contribution in [3.05, 3.63) is 0 Å². The first kappa shape index (κ1) is 17.9. The van der Waals surface area contributed by atoms with Gasteiger partial charge < -0.3 is 5.32 Å². The number of rotatable bonds is 8. The number of piperidine rings is 1. The Kier molecular flexibility index (Phi) is 7.48. The molecule has 120 valence electrons. The number of nitrogens with zero attached hydrogens (tertiary/aromatic N) is 1. The highest BCUT2D eigenvalue weighted by Gasteiger charge is 2.26. The van der Waals surface area contributed by atoms with Gasteiger partial charge in [0.2, 0.25) is 10.0 Å². The van der Waals surface area contributed by atoms with Crippen LogP contribution in [0.25, 0.3) is 0 Å². The van der Waals surface area contributed by atoms with Crippen LogP contribution in [0.3, 0.4) is 0 Å². The largest absolute Gasteiger partial charge is 0.316 e. The molecule has 1 fully saturated rings. The average molecular weight is 304 g/mol. The predicted molar refractivity (Wildman–Crippen MR) is 85.2 cm³/mol. The van der Waals surface area contributed by atoms with E-state index in [1.54, 1.807) is 4.31 Å². The Bertz CT molecular complexity index is 368. The molecule has 5 heteroatoms. The molecule has 1 aliphatic heterocycles. The van der Waals surface area contributed by atoms with Crippen molar-refractivity contribution in [3.63, 3.8) is 0 Å². The lowest BCUT2D eigenvalue weighted by Gasteiger charge is -2.32. The Hall–Kier alpha value is -0.130. The minimum atomic E-state index is -3.00. The van der Waals surface area contributed by atoms with Gasteiger partial charge in [0, 0.05) is 13.1 Å². The van der Waals surface area contributed by atoms with E-state index < -0.39 is 10.0 Å². The summed E-state index contributed by atoms with van der Waals surface area (Å²) in [6.45, 7) is 10.3. The maximum absolute atomic E-state index is 11.6. The highest BCUT2D eigenvalue weighted by atomic mass is 32.2. The van der Waals surface area contributed by atoms with Crippen LogP contribution in [0.5, 0.6) is 0 Å². The van der Waals surface area contributed by atoms with Crippen molar-refractivity contribution in [2.45, 2.75) is 46.5 Å². The Morgan fingerprint density at radius 3 is 2.60 bits per heavy atom. The molecular formula is C15H32N2O2S. The summed E-state index contributed by atoms with van der Waals surface area (Å²) in [6.07, 6.45) is 5.85. The van der Waals surface area contributed by atoms with Crippen molar-refractivity contribution in [3.8, 4) is 0 Å². The van der Waals surface area contributed by atoms with Crippen molar-refractivity contribution in [2.75, 3.05) is 32.4 Å². The molecule has 0 aromatic rings. The number of hydrogen-bond donors (Lipinski definition) is 1. The normalized spacial score (nSPS) is 23.1. The lowest BCUT2D eigenvalue weighted by molar-refractivity contribution is 0.231. The second-order valence-electron chi connectivity index (χ2n) is 6.86. The van der Waals surface area contributed by atoms with Gasteiger partial charge in [-0.2, -0.15) is 0 Å². The summed E-state index contributed by atoms with van der Waals surface area (Å²) >= 11 is 0. The second-order valence-corrected chi connectivity index (χ2v) is 8.84. The Morgan fingerprint density at radius 2 is 2.00 bits per heavy atom. The third-order valence-electron chi connectivity index (χ3n) is 4.05. The molecule has 0 aromatic heterocycles. The summed E-state index contributed by atoms with van der Waals surface area (Å²) in [4.78, 5) is 0. The molecular weight excluding hydrogens is 272 g/mol. The van der Waals surface area contributed by atoms with Crippen LogP contribution in [0.4, 0.5) is 0 Å². The monoisotopic (exact) mass is 304 g/mol. The van der Waals surface area contributed by atoms with E-state index in [1.807, 2.05) is 0 Å². The Labute approximate surface area is 125 Å². The van der Waals surface area contributed by atoms with Crippen LogP contribution in [-0.2, 0) is 10.0 Å². The van der Waals surface area contributed by atoms with E-state index in [-0.39, 0.29) is 0 Å². The van der Waals surface area contributed by atoms with Crippen molar-refractivity contribution in [1.82, 2.24) is 9.62 Å². The number of nitrogens with one attached hydrogen (secondary N) is 1. The summed E-state index contributed by atoms with van der Waals surface area (Å²) < 4.78 is 24.9. The lowest BCUT2D eigenvalue weighted by Crippen LogP contribution is -2.39. The fourth-order valence-electron chi connectivity index (χ4n) is 2.95. The quantitative estimate of drug-likeness (QED) is 0.700. The molecule has 2 atom stereocenters. The molecule has 0 aromatic carbocycles. The minimum Gasteiger partial charge on any atom is -0.316 e. The maximum atomic E-state index is 11.6. The van der Waals surface area contributed by atoms with Crippen LogP contribution < -0.4 is 5.32 Å². The molecule has 20 heavy (non-hydrogen) atoms. The van der Waals surface area contributed by atoms with E-state index in [0.29, 0.717) is 24.3 Å². The topological polar surface area (TPSA) is 49.4 Å². The molecule has 1 rings (SSSR count). The summed E-state index contributed by atoms with van der Waals surface area (Å²) in [6, 6.07) is 0. The summed E-state index contributed by atoms with van der Waals surface area (Å²) in [5.41, 5.74) is 0. The van der Waals surface area contributed by atoms with E-state index >= 15 is 0 Å². The molecule has 0 radical (unpaired) electrons. The molecule has 1 heterocycles. The van der Waals surface area contributed by atoms with E-state index in [9.17, 15) is 8.42 Å². The molecule has 0 amide bonds. The van der Waals surface area contributed by atoms with Gasteiger partial charge in [0.05, 0.1) is 6.26 Å². The van der Waals surface area contributed by atoms with E-state index in [4.69, 9.17) is 0 Å². The zero-order valence-corrected chi connectivity index (χ0v) is 14.4. The van der Waals surface area contributed by atoms with E-state index in [0.717, 1.165) is 32.5 Å². The molecule has 1 aliphatic rings. The maximum Gasteiger partial charge on any atom is 0.211 e. The fraction of sp³-hybridized carbons (Fsp3) is 1.00. The van der Waals surface area contributed by atoms with Crippen LogP contribution in [0.1, 0.15) is 46.5 Å². The number of sulfonamides is 1. The van der Waals surface area contributed by atoms with Crippen molar-refractivity contribution >= 4 is 10.0 Å². The molecule has 0 saturated carbocycles. The van der Waals surface area contributed by atoms with Gasteiger partial charge in [-0.15, -0.1) is 0 Å². The molecule has 1 saturated heterocycles. The van der Waals surface area contributed by atoms with Gasteiger partial charge in [0.1, 0.15) is 0 Å². The van der Waals surface area contributed by atoms with Gasteiger partial charge in [0.15, 0.2) is 0 Å². The zero-order chi connectivity index (χ0) is 15.2. The Morgan fingerprint density at radius 1 is 1.30 bits per heavy atom. The standard InChI is InChI=1S/C15H32N2O2S/c1-13(2)11-16-8-7-14(3)10-15-6-5-9-17(12-15)20(4,18)19/h13-16H,5-12H2,1-4H3. The smallest absolute Gasteiger partial charge is 0.211 e. The van der Waals surface area contributed by atoms with E-state index in [2.05, 4.69) is 26.1 Å². The fourth-order valence-corrected chi connectivity index (χ4v) is 3.89. The van der Waals surface area contributed by atoms with Gasteiger partial charge in [-0.05, 0) is 56.5 Å². The van der Waals surface area contributed by atoms with Crippen LogP contribution in [-0.4, -0.2) is 45.2 Å². The highest BCUT2D eigenvalue weighted by molar-refractivity contribution is 7.88. The van der Waals surface area contributed by atoms with Gasteiger partial charge in [-0.25, -0.2) is 12.7 Å². The lowest BCUT2D eigenvalue weighted by atomic mass is 9.88. The van der Waals surface area contributed by atoms with E-state index in [1.165, 1.54) is 19.1 Å². The van der Waals surface area contributed by atoms with Gasteiger partial charge in [0.25, 0.3) is 0 Å². The molecule has 2 unspecified atom stereocenters. The van der Waals surface area contributed by atoms with Crippen LogP contribution in [0.15, 0.2) is 0 Å². The first-order chi connectivity index (χ1) is 9.29. The average Bonchev–Trinajstić information content (AvgIpc) is 2.34. The third-order valence-corrected chi connectivity index (χ3v) is 5.32. The van der Waals surface area contributed by atoms with Crippen molar-refractivity contribution in [2.24, 2.45) is 17.8 Å². The first-order valence-electron chi connectivity index (χ1n) is 7.95. The van der Waals surface area contributed by atoms with Gasteiger partial charge >= 0.3 is 0 Å². The molecule has 1 N–H and O–H groups in total. The second kappa shape index (κ2) is 8.35. The van der Waals surface area contributed by atoms with Crippen LogP contribution >= 0.6 is 0 Å². The van der Waals surface area contributed by atoms with Crippen LogP contribution in [0, 0.1) is 17.8 Å². The summed E-state index contributed by atoms with van der Waals surface area (Å²) in [5.74, 6) is 1.91. The Balaban J connectivity index is 2.26. The number of hydrogen-bond acceptors (Lipinski definition) is 3.